The maximum absolute atomic E-state index is 5.75. The van der Waals surface area contributed by atoms with E-state index in [1.807, 2.05) is 24.4 Å². The smallest absolute Gasteiger partial charge is 0.120 e. The van der Waals surface area contributed by atoms with Crippen molar-refractivity contribution in [1.82, 2.24) is 10.3 Å². The van der Waals surface area contributed by atoms with Crippen LogP contribution in [0.3, 0.4) is 0 Å². The van der Waals surface area contributed by atoms with Crippen LogP contribution in [0.25, 0.3) is 10.9 Å². The Bertz CT molecular complexity index is 494. The standard InChI is InChI=1S/C13H14N2O/c1-2-11-6-12(3-4-13(11)15-5-1)16-9-10-7-14-8-10/h1-6,10,14H,7-9H2. The van der Waals surface area contributed by atoms with E-state index in [-0.39, 0.29) is 0 Å². The van der Waals surface area contributed by atoms with Gasteiger partial charge in [0.15, 0.2) is 0 Å². The summed E-state index contributed by atoms with van der Waals surface area (Å²) in [5, 5.41) is 4.37. The number of fused-ring (bicyclic) bond motifs is 1. The molecule has 1 aliphatic rings. The molecule has 2 heterocycles. The van der Waals surface area contributed by atoms with E-state index in [0.717, 1.165) is 36.3 Å². The molecule has 3 rings (SSSR count). The Balaban J connectivity index is 1.76. The molecule has 2 aromatic rings. The number of nitrogens with zero attached hydrogens (tertiary/aromatic N) is 1. The number of benzene rings is 1. The lowest BCUT2D eigenvalue weighted by atomic mass is 10.1. The average Bonchev–Trinajstić information content (AvgIpc) is 2.27. The molecule has 0 radical (unpaired) electrons. The molecule has 16 heavy (non-hydrogen) atoms. The highest BCUT2D eigenvalue weighted by molar-refractivity contribution is 5.79. The van der Waals surface area contributed by atoms with Crippen molar-refractivity contribution in [1.29, 1.82) is 0 Å². The molecule has 82 valence electrons. The first kappa shape index (κ1) is 9.60. The van der Waals surface area contributed by atoms with Gasteiger partial charge in [-0.2, -0.15) is 0 Å². The van der Waals surface area contributed by atoms with Crippen LogP contribution in [0, 0.1) is 5.92 Å². The van der Waals surface area contributed by atoms with Gasteiger partial charge >= 0.3 is 0 Å². The Morgan fingerprint density at radius 2 is 2.25 bits per heavy atom. The third-order valence-corrected chi connectivity index (χ3v) is 2.93. The van der Waals surface area contributed by atoms with E-state index in [1.165, 1.54) is 0 Å². The van der Waals surface area contributed by atoms with E-state index in [4.69, 9.17) is 4.74 Å². The van der Waals surface area contributed by atoms with Crippen molar-refractivity contribution < 1.29 is 4.74 Å². The second-order valence-corrected chi connectivity index (χ2v) is 4.19. The van der Waals surface area contributed by atoms with E-state index < -0.39 is 0 Å². The van der Waals surface area contributed by atoms with Crippen molar-refractivity contribution in [2.75, 3.05) is 19.7 Å². The van der Waals surface area contributed by atoms with Crippen molar-refractivity contribution >= 4 is 10.9 Å². The minimum atomic E-state index is 0.671. The van der Waals surface area contributed by atoms with Gasteiger partial charge in [-0.25, -0.2) is 0 Å². The van der Waals surface area contributed by atoms with Crippen LogP contribution in [-0.4, -0.2) is 24.7 Å². The molecule has 0 spiro atoms. The minimum absolute atomic E-state index is 0.671. The Labute approximate surface area is 94.5 Å². The van der Waals surface area contributed by atoms with Crippen molar-refractivity contribution in [3.63, 3.8) is 0 Å². The topological polar surface area (TPSA) is 34.1 Å². The van der Waals surface area contributed by atoms with Crippen molar-refractivity contribution in [2.45, 2.75) is 0 Å². The number of pyridine rings is 1. The van der Waals surface area contributed by atoms with Gasteiger partial charge in [-0.05, 0) is 24.3 Å². The van der Waals surface area contributed by atoms with Crippen molar-refractivity contribution in [2.24, 2.45) is 5.92 Å². The summed E-state index contributed by atoms with van der Waals surface area (Å²) in [6.45, 7) is 2.96. The fourth-order valence-electron chi connectivity index (χ4n) is 1.82. The average molecular weight is 214 g/mol. The maximum Gasteiger partial charge on any atom is 0.120 e. The van der Waals surface area contributed by atoms with Gasteiger partial charge in [0.2, 0.25) is 0 Å². The van der Waals surface area contributed by atoms with Crippen LogP contribution < -0.4 is 10.1 Å². The molecule has 1 aliphatic heterocycles. The van der Waals surface area contributed by atoms with Crippen LogP contribution in [0.5, 0.6) is 5.75 Å². The Morgan fingerprint density at radius 3 is 3.06 bits per heavy atom. The quantitative estimate of drug-likeness (QED) is 0.846. The van der Waals surface area contributed by atoms with Gasteiger partial charge in [-0.3, -0.25) is 4.98 Å². The molecule has 1 saturated heterocycles. The normalized spacial score (nSPS) is 16.0. The molecular formula is C13H14N2O. The SMILES string of the molecule is c1cnc2ccc(OCC3CNC3)cc2c1. The molecule has 1 aromatic carbocycles. The first-order chi connectivity index (χ1) is 7.92. The second-order valence-electron chi connectivity index (χ2n) is 4.19. The van der Waals surface area contributed by atoms with Crippen LogP contribution >= 0.6 is 0 Å². The monoisotopic (exact) mass is 214 g/mol. The predicted octanol–water partition coefficient (Wildman–Crippen LogP) is 1.83. The number of rotatable bonds is 3. The predicted molar refractivity (Wildman–Crippen MR) is 63.6 cm³/mol. The zero-order valence-electron chi connectivity index (χ0n) is 9.02. The van der Waals surface area contributed by atoms with Crippen LogP contribution in [0.1, 0.15) is 0 Å². The van der Waals surface area contributed by atoms with E-state index in [1.54, 1.807) is 0 Å². The fourth-order valence-corrected chi connectivity index (χ4v) is 1.82. The van der Waals surface area contributed by atoms with Gasteiger partial charge in [0.25, 0.3) is 0 Å². The molecule has 0 unspecified atom stereocenters. The molecule has 0 saturated carbocycles. The summed E-state index contributed by atoms with van der Waals surface area (Å²) in [6.07, 6.45) is 1.81. The van der Waals surface area contributed by atoms with E-state index in [0.29, 0.717) is 5.92 Å². The number of hydrogen-bond acceptors (Lipinski definition) is 3. The number of hydrogen-bond donors (Lipinski definition) is 1. The lowest BCUT2D eigenvalue weighted by Gasteiger charge is -2.26. The summed E-state index contributed by atoms with van der Waals surface area (Å²) in [5.74, 6) is 1.61. The van der Waals surface area contributed by atoms with Crippen LogP contribution in [0.4, 0.5) is 0 Å². The van der Waals surface area contributed by atoms with E-state index in [9.17, 15) is 0 Å². The number of nitrogens with one attached hydrogen (secondary N) is 1. The Kier molecular flexibility index (Phi) is 2.46. The zero-order chi connectivity index (χ0) is 10.8. The molecule has 0 aliphatic carbocycles. The minimum Gasteiger partial charge on any atom is -0.493 e. The van der Waals surface area contributed by atoms with Crippen molar-refractivity contribution in [3.05, 3.63) is 36.5 Å². The second kappa shape index (κ2) is 4.10. The largest absolute Gasteiger partial charge is 0.493 e. The van der Waals surface area contributed by atoms with Gasteiger partial charge in [0.1, 0.15) is 5.75 Å². The summed E-state index contributed by atoms with van der Waals surface area (Å²) in [4.78, 5) is 4.28. The number of ether oxygens (including phenoxy) is 1. The zero-order valence-corrected chi connectivity index (χ0v) is 9.02. The summed E-state index contributed by atoms with van der Waals surface area (Å²) in [5.41, 5.74) is 1.01. The lowest BCUT2D eigenvalue weighted by Crippen LogP contribution is -2.45. The molecule has 3 heteroatoms. The van der Waals surface area contributed by atoms with E-state index in [2.05, 4.69) is 22.4 Å². The summed E-state index contributed by atoms with van der Waals surface area (Å²) in [7, 11) is 0. The first-order valence-electron chi connectivity index (χ1n) is 5.60. The Hall–Kier alpha value is -1.61. The van der Waals surface area contributed by atoms with Gasteiger partial charge in [0, 0.05) is 30.6 Å². The van der Waals surface area contributed by atoms with Gasteiger partial charge < -0.3 is 10.1 Å². The van der Waals surface area contributed by atoms with Crippen LogP contribution in [-0.2, 0) is 0 Å². The molecule has 1 fully saturated rings. The lowest BCUT2D eigenvalue weighted by molar-refractivity contribution is 0.199. The van der Waals surface area contributed by atoms with Gasteiger partial charge in [-0.1, -0.05) is 6.07 Å². The summed E-state index contributed by atoms with van der Waals surface area (Å²) < 4.78 is 5.75. The molecule has 1 N–H and O–H groups in total. The van der Waals surface area contributed by atoms with Gasteiger partial charge in [0.05, 0.1) is 12.1 Å². The summed E-state index contributed by atoms with van der Waals surface area (Å²) in [6, 6.07) is 10.0. The Morgan fingerprint density at radius 1 is 1.31 bits per heavy atom. The van der Waals surface area contributed by atoms with E-state index >= 15 is 0 Å². The van der Waals surface area contributed by atoms with Crippen molar-refractivity contribution in [3.8, 4) is 5.75 Å². The van der Waals surface area contributed by atoms with Crippen LogP contribution in [0.2, 0.25) is 0 Å². The third-order valence-electron chi connectivity index (χ3n) is 2.93. The molecular weight excluding hydrogens is 200 g/mol. The fraction of sp³-hybridized carbons (Fsp3) is 0.308. The highest BCUT2D eigenvalue weighted by Crippen LogP contribution is 2.19. The maximum atomic E-state index is 5.75. The molecule has 3 nitrogen and oxygen atoms in total. The van der Waals surface area contributed by atoms with Gasteiger partial charge in [-0.15, -0.1) is 0 Å². The highest BCUT2D eigenvalue weighted by Gasteiger charge is 2.16. The molecule has 0 amide bonds. The first-order valence-corrected chi connectivity index (χ1v) is 5.60. The highest BCUT2D eigenvalue weighted by atomic mass is 16.5. The summed E-state index contributed by atoms with van der Waals surface area (Å²) >= 11 is 0. The molecule has 0 atom stereocenters. The van der Waals surface area contributed by atoms with Crippen LogP contribution in [0.15, 0.2) is 36.5 Å². The molecule has 1 aromatic heterocycles. The molecule has 0 bridgehead atoms. The number of aromatic nitrogens is 1. The third kappa shape index (κ3) is 1.86.